The molecular weight excluding hydrogens is 460 g/mol. The second-order valence-electron chi connectivity index (χ2n) is 11.0. The number of allylic oxidation sites excluding steroid dienone is 10. The van der Waals surface area contributed by atoms with Gasteiger partial charge in [-0.3, -0.25) is 14.5 Å². The number of nitrogens with zero attached hydrogens (tertiary/aromatic N) is 1. The van der Waals surface area contributed by atoms with Crippen LogP contribution in [-0.2, 0) is 9.59 Å². The first-order valence-electron chi connectivity index (χ1n) is 13.5. The maximum Gasteiger partial charge on any atom is 0.243 e. The van der Waals surface area contributed by atoms with Crippen molar-refractivity contribution >= 4 is 11.8 Å². The van der Waals surface area contributed by atoms with E-state index in [4.69, 9.17) is 0 Å². The molecule has 2 bridgehead atoms. The summed E-state index contributed by atoms with van der Waals surface area (Å²) in [5.74, 6) is 0.136. The van der Waals surface area contributed by atoms with Crippen LogP contribution in [0.3, 0.4) is 0 Å². The standard InChI is InChI=1S/C31H44N4O2/c1-24-8-6-15-31(4)16-13-26(3)21-27(31)20-25(2)10-12-30(37)33-18-14-28-22-35(23-34(28)5)19-7-17-32-29(36)11-9-24/h6,8-12,15,20-22,27H,7,13-14,16-19,23H2,1-5H3,(H,32,36)(H,33,37)/p+1/b11-9+,12-10+,15-6+,24-8+,25-20+/t27-,31-/m0/s1. The van der Waals surface area contributed by atoms with E-state index in [1.165, 1.54) is 16.2 Å². The zero-order chi connectivity index (χ0) is 26.8. The maximum atomic E-state index is 12.4. The topological polar surface area (TPSA) is 65.9 Å². The second-order valence-corrected chi connectivity index (χ2v) is 11.0. The van der Waals surface area contributed by atoms with Crippen molar-refractivity contribution in [3.05, 3.63) is 83.3 Å². The number of carbonyl (C=O) groups excluding carboxylic acids is 2. The number of quaternary nitrogens is 1. The summed E-state index contributed by atoms with van der Waals surface area (Å²) in [4.78, 5) is 28.3. The molecule has 0 aromatic rings. The van der Waals surface area contributed by atoms with Crippen molar-refractivity contribution < 1.29 is 14.5 Å². The SMILES string of the molecule is CC1=C[C@@H]2/C=C(C)/C=C/C(=O)NCCC3=C[NH+](CCCNC(=O)/C=C/C(C)=C/C=C/[C@@]2(C)CC1)CN3C. The zero-order valence-corrected chi connectivity index (χ0v) is 23.3. The highest BCUT2D eigenvalue weighted by Gasteiger charge is 2.31. The van der Waals surface area contributed by atoms with Gasteiger partial charge in [0.1, 0.15) is 6.20 Å². The lowest BCUT2D eigenvalue weighted by molar-refractivity contribution is -0.848. The van der Waals surface area contributed by atoms with E-state index in [9.17, 15) is 9.59 Å². The Bertz CT molecular complexity index is 1060. The fourth-order valence-electron chi connectivity index (χ4n) is 5.05. The van der Waals surface area contributed by atoms with Crippen molar-refractivity contribution in [1.82, 2.24) is 15.5 Å². The van der Waals surface area contributed by atoms with E-state index in [0.717, 1.165) is 50.0 Å². The first-order chi connectivity index (χ1) is 17.6. The molecule has 2 amide bonds. The van der Waals surface area contributed by atoms with Crippen LogP contribution in [0.1, 0.15) is 53.4 Å². The molecule has 0 saturated carbocycles. The molecule has 2 heterocycles. The van der Waals surface area contributed by atoms with Crippen molar-refractivity contribution in [3.63, 3.8) is 0 Å². The highest BCUT2D eigenvalue weighted by Crippen LogP contribution is 2.42. The number of rotatable bonds is 0. The van der Waals surface area contributed by atoms with E-state index in [0.29, 0.717) is 13.1 Å². The van der Waals surface area contributed by atoms with E-state index in [1.54, 1.807) is 12.2 Å². The van der Waals surface area contributed by atoms with E-state index >= 15 is 0 Å². The summed E-state index contributed by atoms with van der Waals surface area (Å²) in [5, 5.41) is 6.02. The van der Waals surface area contributed by atoms with Crippen molar-refractivity contribution in [2.75, 3.05) is 33.4 Å². The minimum Gasteiger partial charge on any atom is -0.352 e. The van der Waals surface area contributed by atoms with Crippen LogP contribution in [0, 0.1) is 11.3 Å². The number of hydrogen-bond acceptors (Lipinski definition) is 3. The number of nitrogens with one attached hydrogen (secondary N) is 3. The summed E-state index contributed by atoms with van der Waals surface area (Å²) in [6, 6.07) is 0. The largest absolute Gasteiger partial charge is 0.352 e. The Balaban J connectivity index is 1.79. The van der Waals surface area contributed by atoms with Crippen LogP contribution in [0.25, 0.3) is 0 Å². The van der Waals surface area contributed by atoms with Crippen LogP contribution < -0.4 is 15.5 Å². The summed E-state index contributed by atoms with van der Waals surface area (Å²) in [6.45, 7) is 11.7. The lowest BCUT2D eigenvalue weighted by Crippen LogP contribution is -3.07. The van der Waals surface area contributed by atoms with Crippen LogP contribution >= 0.6 is 0 Å². The van der Waals surface area contributed by atoms with Gasteiger partial charge in [-0.05, 0) is 39.0 Å². The molecule has 0 spiro atoms. The maximum absolute atomic E-state index is 12.4. The van der Waals surface area contributed by atoms with Crippen LogP contribution in [-0.4, -0.2) is 50.1 Å². The average molecular weight is 506 g/mol. The minimum absolute atomic E-state index is 0.0145. The monoisotopic (exact) mass is 505 g/mol. The predicted octanol–water partition coefficient (Wildman–Crippen LogP) is 3.57. The lowest BCUT2D eigenvalue weighted by atomic mass is 9.68. The van der Waals surface area contributed by atoms with E-state index in [2.05, 4.69) is 79.9 Å². The third-order valence-electron chi connectivity index (χ3n) is 7.51. The number of fused-ring (bicyclic) bond motifs is 2. The molecule has 6 nitrogen and oxygen atoms in total. The molecule has 0 fully saturated rings. The lowest BCUT2D eigenvalue weighted by Gasteiger charge is -2.36. The van der Waals surface area contributed by atoms with Gasteiger partial charge >= 0.3 is 0 Å². The van der Waals surface area contributed by atoms with Crippen LogP contribution in [0.4, 0.5) is 0 Å². The van der Waals surface area contributed by atoms with E-state index in [-0.39, 0.29) is 23.1 Å². The average Bonchev–Trinajstić information content (AvgIpc) is 3.20. The van der Waals surface area contributed by atoms with Crippen LogP contribution in [0.2, 0.25) is 0 Å². The van der Waals surface area contributed by atoms with Gasteiger partial charge in [-0.25, -0.2) is 0 Å². The summed E-state index contributed by atoms with van der Waals surface area (Å²) in [7, 11) is 2.09. The van der Waals surface area contributed by atoms with Gasteiger partial charge in [0.05, 0.1) is 12.2 Å². The highest BCUT2D eigenvalue weighted by molar-refractivity contribution is 5.88. The highest BCUT2D eigenvalue weighted by atomic mass is 16.2. The first kappa shape index (κ1) is 28.5. The van der Waals surface area contributed by atoms with Gasteiger partial charge in [-0.2, -0.15) is 0 Å². The molecule has 3 aliphatic rings. The smallest absolute Gasteiger partial charge is 0.243 e. The number of amides is 2. The van der Waals surface area contributed by atoms with Crippen molar-refractivity contribution in [3.8, 4) is 0 Å². The molecule has 3 atom stereocenters. The van der Waals surface area contributed by atoms with E-state index in [1.807, 2.05) is 19.1 Å². The minimum atomic E-state index is -0.0601. The quantitative estimate of drug-likeness (QED) is 0.441. The Kier molecular flexibility index (Phi) is 10.3. The third-order valence-corrected chi connectivity index (χ3v) is 7.51. The fraction of sp³-hybridized carbons (Fsp3) is 0.484. The van der Waals surface area contributed by atoms with Gasteiger partial charge < -0.3 is 15.5 Å². The molecule has 0 aromatic heterocycles. The summed E-state index contributed by atoms with van der Waals surface area (Å²) >= 11 is 0. The Morgan fingerprint density at radius 3 is 2.41 bits per heavy atom. The van der Waals surface area contributed by atoms with E-state index < -0.39 is 0 Å². The predicted molar refractivity (Wildman–Crippen MR) is 151 cm³/mol. The van der Waals surface area contributed by atoms with Gasteiger partial charge in [-0.1, -0.05) is 66.2 Å². The van der Waals surface area contributed by atoms with Gasteiger partial charge in [0.2, 0.25) is 11.8 Å². The molecule has 37 heavy (non-hydrogen) atoms. The molecule has 200 valence electrons. The second kappa shape index (κ2) is 13.4. The van der Waals surface area contributed by atoms with Gasteiger partial charge in [0.15, 0.2) is 6.67 Å². The van der Waals surface area contributed by atoms with Gasteiger partial charge in [-0.15, -0.1) is 0 Å². The summed E-state index contributed by atoms with van der Waals surface area (Å²) in [5.41, 5.74) is 4.75. The molecule has 0 radical (unpaired) electrons. The first-order valence-corrected chi connectivity index (χ1v) is 13.5. The summed E-state index contributed by atoms with van der Waals surface area (Å²) in [6.07, 6.45) is 24.3. The molecule has 0 aromatic carbocycles. The molecular formula is C31H45N4O2+. The normalized spacial score (nSPS) is 34.1. The Labute approximate surface area is 223 Å². The van der Waals surface area contributed by atoms with Crippen molar-refractivity contribution in [2.24, 2.45) is 11.3 Å². The van der Waals surface area contributed by atoms with Crippen LogP contribution in [0.5, 0.6) is 0 Å². The molecule has 2 aliphatic heterocycles. The third kappa shape index (κ3) is 9.04. The Hall–Kier alpha value is -3.12. The molecule has 3 rings (SSSR count). The molecule has 1 aliphatic carbocycles. The Morgan fingerprint density at radius 1 is 0.946 bits per heavy atom. The Morgan fingerprint density at radius 2 is 1.65 bits per heavy atom. The zero-order valence-electron chi connectivity index (χ0n) is 23.3. The van der Waals surface area contributed by atoms with Crippen molar-refractivity contribution in [2.45, 2.75) is 53.4 Å². The van der Waals surface area contributed by atoms with Crippen molar-refractivity contribution in [1.29, 1.82) is 0 Å². The molecule has 0 saturated heterocycles. The number of carbonyl (C=O) groups is 2. The number of hydrogen-bond donors (Lipinski definition) is 3. The summed E-state index contributed by atoms with van der Waals surface area (Å²) < 4.78 is 0. The van der Waals surface area contributed by atoms with Gasteiger partial charge in [0, 0.05) is 51.0 Å². The van der Waals surface area contributed by atoms with Gasteiger partial charge in [0.25, 0.3) is 0 Å². The fourth-order valence-corrected chi connectivity index (χ4v) is 5.05. The molecule has 1 unspecified atom stereocenters. The molecule has 3 N–H and O–H groups in total. The molecule has 6 heteroatoms. The van der Waals surface area contributed by atoms with Crippen LogP contribution in [0.15, 0.2) is 83.3 Å².